The third kappa shape index (κ3) is 9.28. The number of hydrogen-bond acceptors (Lipinski definition) is 22. The Bertz CT molecular complexity index is 1830. The van der Waals surface area contributed by atoms with Crippen molar-refractivity contribution < 1.29 is 108 Å². The van der Waals surface area contributed by atoms with Crippen LogP contribution in [0.2, 0.25) is 0 Å². The van der Waals surface area contributed by atoms with Gasteiger partial charge in [-0.25, -0.2) is 14.4 Å². The van der Waals surface area contributed by atoms with E-state index in [-0.39, 0.29) is 36.2 Å². The van der Waals surface area contributed by atoms with E-state index in [1.54, 1.807) is 6.92 Å². The Kier molecular flexibility index (Phi) is 15.1. The molecule has 0 aromatic heterocycles. The monoisotopic (exact) mass is 884 g/mol. The number of para-hydroxylation sites is 1. The largest absolute Gasteiger partial charge is 0.504 e. The average Bonchev–Trinajstić information content (AvgIpc) is 3.59. The van der Waals surface area contributed by atoms with E-state index in [9.17, 15) is 65.4 Å². The van der Waals surface area contributed by atoms with E-state index >= 15 is 0 Å². The van der Waals surface area contributed by atoms with Gasteiger partial charge in [0.2, 0.25) is 12.6 Å². The summed E-state index contributed by atoms with van der Waals surface area (Å²) in [5.74, 6) is -8.08. The fourth-order valence-corrected chi connectivity index (χ4v) is 8.47. The number of phenolic OH excluding ortho intramolecular Hbond substituents is 2. The van der Waals surface area contributed by atoms with Gasteiger partial charge in [-0.2, -0.15) is 0 Å². The van der Waals surface area contributed by atoms with E-state index in [0.29, 0.717) is 0 Å². The minimum atomic E-state index is -1.81. The maximum atomic E-state index is 13.9. The second-order valence-electron chi connectivity index (χ2n) is 15.6. The van der Waals surface area contributed by atoms with Crippen LogP contribution in [0.4, 0.5) is 0 Å². The second kappa shape index (κ2) is 20.0. The summed E-state index contributed by atoms with van der Waals surface area (Å²) in [7, 11) is 1.14. The first kappa shape index (κ1) is 47.1. The van der Waals surface area contributed by atoms with Crippen LogP contribution >= 0.6 is 0 Å². The summed E-state index contributed by atoms with van der Waals surface area (Å²) in [6, 6.07) is 3.73. The minimum absolute atomic E-state index is 0.00242. The highest BCUT2D eigenvalue weighted by Gasteiger charge is 2.55. The number of aromatic hydroxyl groups is 2. The molecule has 0 radical (unpaired) electrons. The number of methoxy groups -OCH3 is 1. The molecule has 18 unspecified atom stereocenters. The number of hydrogen-bond donors (Lipinski definition) is 10. The Morgan fingerprint density at radius 1 is 0.774 bits per heavy atom. The number of benzene rings is 1. The van der Waals surface area contributed by atoms with Crippen molar-refractivity contribution in [1.29, 1.82) is 0 Å². The van der Waals surface area contributed by atoms with Crippen LogP contribution in [0.25, 0.3) is 0 Å². The zero-order valence-corrected chi connectivity index (χ0v) is 33.5. The predicted molar refractivity (Wildman–Crippen MR) is 200 cm³/mol. The number of phenols is 2. The molecule has 6 rings (SSSR count). The maximum Gasteiger partial charge on any atom is 0.342 e. The van der Waals surface area contributed by atoms with Gasteiger partial charge in [-0.05, 0) is 25.0 Å². The summed E-state index contributed by atoms with van der Waals surface area (Å²) >= 11 is 0. The fourth-order valence-electron chi connectivity index (χ4n) is 8.47. The Labute approximate surface area is 353 Å². The molecular formula is C40H52O22. The lowest BCUT2D eigenvalue weighted by molar-refractivity contribution is -0.342. The molecule has 0 spiro atoms. The molecule has 5 aliphatic rings. The SMILES string of the molecule is C=CC1C(OC2OC(CO)C(O)C(O)C2O)OC=C(C(=O)OC)C1CCOC(=O)C1=COC(OC2OC(CO)C(O)C(O)C2O)C2C1CC(OC(=O)c1cccc(O)c1O)C2C. The van der Waals surface area contributed by atoms with E-state index in [1.807, 2.05) is 0 Å². The van der Waals surface area contributed by atoms with Crippen LogP contribution in [0.5, 0.6) is 11.5 Å². The molecule has 18 atom stereocenters. The van der Waals surface area contributed by atoms with Crippen molar-refractivity contribution >= 4 is 17.9 Å². The van der Waals surface area contributed by atoms with Crippen molar-refractivity contribution in [2.24, 2.45) is 29.6 Å². The summed E-state index contributed by atoms with van der Waals surface area (Å²) in [4.78, 5) is 40.1. The molecule has 1 aliphatic carbocycles. The summed E-state index contributed by atoms with van der Waals surface area (Å²) in [5.41, 5.74) is -0.364. The quantitative estimate of drug-likeness (QED) is 0.0401. The Balaban J connectivity index is 1.19. The van der Waals surface area contributed by atoms with E-state index in [4.69, 9.17) is 42.6 Å². The standard InChI is InChI=1S/C40H52O22/c1-4-16-17(20(34(51)54-3)13-56-37(16)61-39-32(49)30(47)28(45)24(11-41)59-39)8-9-55-35(52)21-14-57-38(62-40-33(50)31(48)29(46)25(12-42)60-40)26-15(2)23(10-19(21)26)58-36(53)18-6-5-7-22(43)27(18)44/h4-7,13-17,19,23-26,28-33,37-50H,1,8-12H2,2-3H3. The van der Waals surface area contributed by atoms with Gasteiger partial charge in [0.05, 0.1) is 50.6 Å². The third-order valence-corrected chi connectivity index (χ3v) is 12.0. The van der Waals surface area contributed by atoms with Gasteiger partial charge in [0.1, 0.15) is 60.5 Å². The molecule has 62 heavy (non-hydrogen) atoms. The van der Waals surface area contributed by atoms with Crippen LogP contribution in [0, 0.1) is 29.6 Å². The molecule has 344 valence electrons. The topological polar surface area (TPSA) is 337 Å². The van der Waals surface area contributed by atoms with Crippen molar-refractivity contribution in [3.05, 3.63) is 60.1 Å². The molecule has 10 N–H and O–H groups in total. The van der Waals surface area contributed by atoms with Crippen LogP contribution in [0.15, 0.2) is 54.5 Å². The van der Waals surface area contributed by atoms with Gasteiger partial charge in [0.15, 0.2) is 24.1 Å². The summed E-state index contributed by atoms with van der Waals surface area (Å²) in [6.45, 7) is 3.68. The molecule has 4 heterocycles. The minimum Gasteiger partial charge on any atom is -0.504 e. The molecule has 22 heteroatoms. The molecule has 2 saturated heterocycles. The Morgan fingerprint density at radius 2 is 1.35 bits per heavy atom. The second-order valence-corrected chi connectivity index (χ2v) is 15.6. The van der Waals surface area contributed by atoms with Crippen molar-refractivity contribution in [3.63, 3.8) is 0 Å². The van der Waals surface area contributed by atoms with Crippen LogP contribution in [0.3, 0.4) is 0 Å². The fraction of sp³-hybridized carbons (Fsp3) is 0.625. The number of carbonyl (C=O) groups is 3. The average molecular weight is 885 g/mol. The molecule has 3 fully saturated rings. The first-order valence-corrected chi connectivity index (χ1v) is 19.8. The van der Waals surface area contributed by atoms with Crippen molar-refractivity contribution in [3.8, 4) is 11.5 Å². The molecule has 4 aliphatic heterocycles. The normalized spacial score (nSPS) is 39.2. The zero-order chi connectivity index (χ0) is 45.2. The summed E-state index contributed by atoms with van der Waals surface area (Å²) < 4.78 is 50.7. The van der Waals surface area contributed by atoms with E-state index < -0.39 is 152 Å². The highest BCUT2D eigenvalue weighted by atomic mass is 16.8. The maximum absolute atomic E-state index is 13.9. The lowest BCUT2D eigenvalue weighted by atomic mass is 9.81. The number of esters is 3. The number of aliphatic hydroxyl groups is 8. The molecule has 1 saturated carbocycles. The summed E-state index contributed by atoms with van der Waals surface area (Å²) in [5, 5.41) is 102. The van der Waals surface area contributed by atoms with Crippen molar-refractivity contribution in [2.75, 3.05) is 26.9 Å². The van der Waals surface area contributed by atoms with Crippen LogP contribution in [-0.4, -0.2) is 176 Å². The van der Waals surface area contributed by atoms with Crippen LogP contribution < -0.4 is 0 Å². The highest BCUT2D eigenvalue weighted by Crippen LogP contribution is 2.49. The first-order chi connectivity index (χ1) is 29.6. The number of aliphatic hydroxyl groups excluding tert-OH is 8. The number of rotatable bonds is 14. The predicted octanol–water partition coefficient (Wildman–Crippen LogP) is -2.47. The van der Waals surface area contributed by atoms with E-state index in [1.165, 1.54) is 24.3 Å². The zero-order valence-electron chi connectivity index (χ0n) is 33.5. The molecule has 1 aromatic carbocycles. The van der Waals surface area contributed by atoms with Gasteiger partial charge >= 0.3 is 17.9 Å². The molecule has 22 nitrogen and oxygen atoms in total. The molecule has 0 amide bonds. The van der Waals surface area contributed by atoms with Gasteiger partial charge in [-0.3, -0.25) is 0 Å². The van der Waals surface area contributed by atoms with Crippen LogP contribution in [0.1, 0.15) is 30.1 Å². The first-order valence-electron chi connectivity index (χ1n) is 19.8. The van der Waals surface area contributed by atoms with Gasteiger partial charge in [-0.1, -0.05) is 19.1 Å². The van der Waals surface area contributed by atoms with Gasteiger partial charge in [0.25, 0.3) is 0 Å². The van der Waals surface area contributed by atoms with Gasteiger partial charge < -0.3 is 93.7 Å². The van der Waals surface area contributed by atoms with Crippen molar-refractivity contribution in [1.82, 2.24) is 0 Å². The Morgan fingerprint density at radius 3 is 1.94 bits per heavy atom. The molecule has 0 bridgehead atoms. The smallest absolute Gasteiger partial charge is 0.342 e. The molecule has 1 aromatic rings. The van der Waals surface area contributed by atoms with Crippen LogP contribution in [-0.2, 0) is 52.2 Å². The van der Waals surface area contributed by atoms with E-state index in [0.717, 1.165) is 19.6 Å². The summed E-state index contributed by atoms with van der Waals surface area (Å²) in [6.07, 6.45) is -16.5. The molecular weight excluding hydrogens is 832 g/mol. The van der Waals surface area contributed by atoms with Gasteiger partial charge in [-0.15, -0.1) is 6.58 Å². The lowest BCUT2D eigenvalue weighted by Crippen LogP contribution is -2.60. The number of fused-ring (bicyclic) bond motifs is 1. The third-order valence-electron chi connectivity index (χ3n) is 12.0. The van der Waals surface area contributed by atoms with Gasteiger partial charge in [0, 0.05) is 29.6 Å². The number of carbonyl (C=O) groups excluding carboxylic acids is 3. The van der Waals surface area contributed by atoms with E-state index in [2.05, 4.69) is 6.58 Å². The Hall–Kier alpha value is -4.43. The number of ether oxygens (including phenoxy) is 9. The lowest BCUT2D eigenvalue weighted by Gasteiger charge is -2.43. The highest BCUT2D eigenvalue weighted by molar-refractivity contribution is 5.93. The van der Waals surface area contributed by atoms with Crippen molar-refractivity contribution in [2.45, 2.75) is 99.9 Å².